The smallest absolute Gasteiger partial charge is 0.467 e. The Bertz CT molecular complexity index is 3120. The minimum Gasteiger partial charge on any atom is -0.467 e. The van der Waals surface area contributed by atoms with Gasteiger partial charge in [0.2, 0.25) is 0 Å². The molecule has 4 aromatic carbocycles. The van der Waals surface area contributed by atoms with E-state index in [2.05, 4.69) is 72.9 Å². The number of methoxy groups -OCH3 is 2. The lowest BCUT2D eigenvalue weighted by Crippen LogP contribution is -2.41. The Morgan fingerprint density at radius 1 is 0.625 bits per heavy atom. The maximum atomic E-state index is 12.9. The number of hydrogen-bond donors (Lipinski definition) is 1. The molecular weight excluding hydrogens is 1300 g/mol. The Morgan fingerprint density at radius 3 is 1.19 bits per heavy atom. The van der Waals surface area contributed by atoms with Gasteiger partial charge in [-0.25, -0.2) is 28.0 Å². The summed E-state index contributed by atoms with van der Waals surface area (Å²) >= 11 is 15.2. The minimum absolute atomic E-state index is 0. The van der Waals surface area contributed by atoms with E-state index in [9.17, 15) is 72.4 Å². The van der Waals surface area contributed by atoms with Gasteiger partial charge in [0.05, 0.1) is 55.0 Å². The molecule has 0 aromatic heterocycles. The number of alkyl halides is 4. The number of amides is 4. The summed E-state index contributed by atoms with van der Waals surface area (Å²) in [5.41, 5.74) is 0.00286. The maximum Gasteiger partial charge on any atom is 0.513 e. The predicted molar refractivity (Wildman–Crippen MR) is 323 cm³/mol. The SMILES string of the molecule is C.CC(C)COC(=O)Oc1cc2c3c(cccc3c1)C(=O)N(O)C2=O.CC(C)COC(=O)Oc1cc2c3c(cccc3c1)C(=O)N(OS(=O)(=O)F)C2=O.CCN(C(C)C)C(C)C.COC(=O)CF.COC(=O)CF.C[Si](C)(C)Cl.ClCCl.O=S(=O)(F)F.[B]. The van der Waals surface area contributed by atoms with Gasteiger partial charge in [0.15, 0.2) is 13.3 Å². The molecule has 2 aliphatic heterocycles. The van der Waals surface area contributed by atoms with Crippen LogP contribution in [0.4, 0.5) is 30.0 Å². The molecule has 0 aliphatic carbocycles. The van der Waals surface area contributed by atoms with Crippen LogP contribution in [0, 0.1) is 11.8 Å². The van der Waals surface area contributed by atoms with Crippen molar-refractivity contribution in [2.45, 2.75) is 101 Å². The van der Waals surface area contributed by atoms with Crippen LogP contribution in [0.1, 0.15) is 111 Å². The van der Waals surface area contributed by atoms with Crippen LogP contribution in [0.25, 0.3) is 21.5 Å². The number of carbonyl (C=O) groups is 8. The van der Waals surface area contributed by atoms with Gasteiger partial charge in [0.1, 0.15) is 18.9 Å². The van der Waals surface area contributed by atoms with Crippen molar-refractivity contribution in [3.05, 3.63) is 82.9 Å². The number of nitrogens with zero attached hydrogens (tertiary/aromatic N) is 3. The quantitative estimate of drug-likeness (QED) is 0.0124. The third-order valence-corrected chi connectivity index (χ3v) is 9.90. The van der Waals surface area contributed by atoms with Gasteiger partial charge in [0.25, 0.3) is 23.6 Å². The second kappa shape index (κ2) is 42.6. The number of hydroxylamine groups is 4. The molecule has 88 heavy (non-hydrogen) atoms. The zero-order chi connectivity index (χ0) is 67.2. The van der Waals surface area contributed by atoms with Crippen LogP contribution in [-0.2, 0) is 53.9 Å². The largest absolute Gasteiger partial charge is 0.513 e. The average molecular weight is 1380 g/mol. The lowest BCUT2D eigenvalue weighted by Gasteiger charge is -2.28. The summed E-state index contributed by atoms with van der Waals surface area (Å²) in [4.78, 5) is 94.1. The van der Waals surface area contributed by atoms with E-state index in [1.807, 2.05) is 27.7 Å². The number of rotatable bonds is 13. The van der Waals surface area contributed by atoms with Crippen LogP contribution in [0.5, 0.6) is 11.5 Å². The molecular formula is C53H73BCl3F5N3O20S2Si. The standard InChI is InChI=1S/C17H14FNO8S.C17H15NO6.C8H19N.C3H9ClSi.2C3H5FO2.CH2Cl2.CH4.B.F2O2S/c1-9(2)8-25-17(22)26-11-6-10-4-3-5-12-14(10)13(7-11)16(21)19(15(12)20)27-28(18,23)24;1-9(2)8-23-17(21)24-11-6-10-4-3-5-12-14(10)13(7-11)16(20)18(22)15(12)19;1-6-9(7(2)3)8(4)5;1-5(2,3)4;2*1-6-3(5)2-4;2-1-3;;;1-5(2,3)4/h3-7,9H,8H2,1-2H3;3-7,9,22H,8H2,1-2H3;7-8H,6H2,1-5H3;1-3H3;2*2H2,1H3;1H2;1H4;;. The van der Waals surface area contributed by atoms with Crippen LogP contribution < -0.4 is 9.47 Å². The predicted octanol–water partition coefficient (Wildman–Crippen LogP) is 12.0. The summed E-state index contributed by atoms with van der Waals surface area (Å²) < 4.78 is 124. The second-order valence-corrected chi connectivity index (χ2v) is 29.2. The molecule has 0 fully saturated rings. The summed E-state index contributed by atoms with van der Waals surface area (Å²) in [5, 5.41) is 11.2. The number of carbonyl (C=O) groups excluding carboxylic acids is 8. The first-order chi connectivity index (χ1) is 39.6. The molecule has 0 unspecified atom stereocenters. The van der Waals surface area contributed by atoms with Crippen LogP contribution in [-0.4, -0.2) is 165 Å². The monoisotopic (exact) mass is 1370 g/mol. The van der Waals surface area contributed by atoms with E-state index in [1.165, 1.54) is 36.4 Å². The zero-order valence-corrected chi connectivity index (χ0v) is 54.7. The van der Waals surface area contributed by atoms with Crippen molar-refractivity contribution in [2.75, 3.05) is 52.7 Å². The lowest BCUT2D eigenvalue weighted by atomic mass is 9.95. The molecule has 6 rings (SSSR count). The van der Waals surface area contributed by atoms with Gasteiger partial charge in [-0.15, -0.1) is 37.6 Å². The molecule has 0 spiro atoms. The van der Waals surface area contributed by atoms with Crippen molar-refractivity contribution in [1.29, 1.82) is 0 Å². The molecule has 2 heterocycles. The fourth-order valence-electron chi connectivity index (χ4n) is 6.56. The number of imide groups is 2. The fourth-order valence-corrected chi connectivity index (χ4v) is 6.87. The van der Waals surface area contributed by atoms with Crippen LogP contribution in [0.2, 0.25) is 19.6 Å². The Hall–Kier alpha value is -6.26. The summed E-state index contributed by atoms with van der Waals surface area (Å²) in [5.74, 6) is -5.43. The third kappa shape index (κ3) is 35.1. The molecule has 495 valence electrons. The Morgan fingerprint density at radius 2 is 0.932 bits per heavy atom. The highest BCUT2D eigenvalue weighted by molar-refractivity contribution is 7.81. The van der Waals surface area contributed by atoms with Crippen LogP contribution in [0.15, 0.2) is 60.7 Å². The first-order valence-corrected chi connectivity index (χ1v) is 33.1. The topological polar surface area (TPSA) is 299 Å². The van der Waals surface area contributed by atoms with E-state index in [0.717, 1.165) is 26.8 Å². The summed E-state index contributed by atoms with van der Waals surface area (Å²) in [6, 6.07) is 15.9. The van der Waals surface area contributed by atoms with Crippen LogP contribution >= 0.6 is 34.3 Å². The molecule has 0 atom stereocenters. The Labute approximate surface area is 526 Å². The van der Waals surface area contributed by atoms with Gasteiger partial charge in [-0.3, -0.25) is 29.3 Å². The van der Waals surface area contributed by atoms with Gasteiger partial charge >= 0.3 is 45.4 Å². The molecule has 23 nitrogen and oxygen atoms in total. The van der Waals surface area contributed by atoms with Gasteiger partial charge < -0.3 is 28.4 Å². The first-order valence-electron chi connectivity index (χ1n) is 25.0. The normalized spacial score (nSPS) is 12.0. The molecule has 2 aliphatic rings. The zero-order valence-electron chi connectivity index (χ0n) is 49.8. The lowest BCUT2D eigenvalue weighted by molar-refractivity contribution is -0.142. The molecule has 0 saturated heterocycles. The third-order valence-electron chi connectivity index (χ3n) is 9.58. The van der Waals surface area contributed by atoms with Gasteiger partial charge in [-0.05, 0) is 93.2 Å². The Balaban J connectivity index is -0.000000525. The fraction of sp³-hybridized carbons (Fsp3) is 0.472. The Kier molecular flexibility index (Phi) is 42.7. The first kappa shape index (κ1) is 88.2. The second-order valence-electron chi connectivity index (χ2n) is 19.1. The van der Waals surface area contributed by atoms with Crippen molar-refractivity contribution in [2.24, 2.45) is 11.8 Å². The molecule has 4 aromatic rings. The highest BCUT2D eigenvalue weighted by Gasteiger charge is 2.38. The number of halogens is 8. The number of hydrogen-bond acceptors (Lipinski definition) is 21. The molecule has 0 saturated carbocycles. The van der Waals surface area contributed by atoms with E-state index in [-0.39, 0.29) is 95.5 Å². The van der Waals surface area contributed by atoms with Crippen molar-refractivity contribution >= 4 is 141 Å². The minimum atomic E-state index is -5.67. The molecule has 3 radical (unpaired) electrons. The van der Waals surface area contributed by atoms with Crippen molar-refractivity contribution in [3.63, 3.8) is 0 Å². The summed E-state index contributed by atoms with van der Waals surface area (Å²) in [6.07, 6.45) is -1.89. The van der Waals surface area contributed by atoms with E-state index < -0.39 is 89.7 Å². The molecule has 1 N–H and O–H groups in total. The molecule has 35 heteroatoms. The highest BCUT2D eigenvalue weighted by atomic mass is 35.6. The number of benzene rings is 4. The number of ether oxygens (including phenoxy) is 6. The molecule has 4 amide bonds. The van der Waals surface area contributed by atoms with E-state index in [1.54, 1.807) is 18.2 Å². The van der Waals surface area contributed by atoms with E-state index in [4.69, 9.17) is 61.6 Å². The van der Waals surface area contributed by atoms with Crippen LogP contribution in [0.3, 0.4) is 0 Å². The average Bonchev–Trinajstić information content (AvgIpc) is 0.793. The van der Waals surface area contributed by atoms with Crippen molar-refractivity contribution < 1.29 is 114 Å². The van der Waals surface area contributed by atoms with Crippen molar-refractivity contribution in [3.8, 4) is 11.5 Å². The summed E-state index contributed by atoms with van der Waals surface area (Å²) in [6.45, 7) is 24.3. The number of esters is 2. The van der Waals surface area contributed by atoms with E-state index >= 15 is 0 Å². The highest BCUT2D eigenvalue weighted by Crippen LogP contribution is 2.35. The maximum absolute atomic E-state index is 12.9. The van der Waals surface area contributed by atoms with Crippen molar-refractivity contribution in [1.82, 2.24) is 15.0 Å². The van der Waals surface area contributed by atoms with E-state index in [0.29, 0.717) is 28.2 Å². The molecule has 0 bridgehead atoms. The van der Waals surface area contributed by atoms with Gasteiger partial charge in [0, 0.05) is 31.3 Å². The summed E-state index contributed by atoms with van der Waals surface area (Å²) in [7, 11) is -10.2. The van der Waals surface area contributed by atoms with Gasteiger partial charge in [-0.2, -0.15) is 27.9 Å². The van der Waals surface area contributed by atoms with Gasteiger partial charge in [-0.1, -0.05) is 97.6 Å².